The molecule has 1 aliphatic rings. The Hall–Kier alpha value is -3.64. The van der Waals surface area contributed by atoms with E-state index in [4.69, 9.17) is 9.97 Å². The molecule has 0 saturated heterocycles. The van der Waals surface area contributed by atoms with Crippen molar-refractivity contribution >= 4 is 39.5 Å². The smallest absolute Gasteiger partial charge is 0.160 e. The Balaban J connectivity index is 1.34. The minimum atomic E-state index is 0.719. The van der Waals surface area contributed by atoms with Crippen LogP contribution in [0.2, 0.25) is 0 Å². The van der Waals surface area contributed by atoms with Crippen molar-refractivity contribution < 1.29 is 0 Å². The quantitative estimate of drug-likeness (QED) is 0.201. The van der Waals surface area contributed by atoms with E-state index >= 15 is 0 Å². The van der Waals surface area contributed by atoms with Crippen LogP contribution in [0.4, 0.5) is 0 Å². The van der Waals surface area contributed by atoms with Crippen LogP contribution in [0.3, 0.4) is 0 Å². The molecular weight excluding hydrogens is 580 g/mol. The first-order valence-corrected chi connectivity index (χ1v) is 15.0. The highest BCUT2D eigenvalue weighted by molar-refractivity contribution is 9.10. The van der Waals surface area contributed by atoms with Crippen LogP contribution in [0.15, 0.2) is 151 Å². The molecule has 6 aromatic rings. The van der Waals surface area contributed by atoms with Crippen molar-refractivity contribution in [3.63, 3.8) is 0 Å². The third kappa shape index (κ3) is 4.82. The molecule has 0 radical (unpaired) electrons. The summed E-state index contributed by atoms with van der Waals surface area (Å²) in [7, 11) is 0. The molecule has 0 unspecified atom stereocenters. The summed E-state index contributed by atoms with van der Waals surface area (Å²) >= 11 is 7.42. The maximum absolute atomic E-state index is 5.04. The molecule has 1 aliphatic heterocycles. The van der Waals surface area contributed by atoms with Crippen molar-refractivity contribution in [2.24, 2.45) is 0 Å². The molecule has 2 nitrogen and oxygen atoms in total. The third-order valence-corrected chi connectivity index (χ3v) is 10.2. The van der Waals surface area contributed by atoms with Crippen LogP contribution in [0, 0.1) is 0 Å². The van der Waals surface area contributed by atoms with Gasteiger partial charge in [0.15, 0.2) is 5.82 Å². The van der Waals surface area contributed by atoms with E-state index in [0.29, 0.717) is 0 Å². The van der Waals surface area contributed by atoms with E-state index in [9.17, 15) is 0 Å². The highest BCUT2D eigenvalue weighted by Gasteiger charge is 2.22. The minimum Gasteiger partial charge on any atom is -0.228 e. The van der Waals surface area contributed by atoms with Crippen LogP contribution in [-0.4, -0.2) is 9.97 Å². The molecule has 0 saturated carbocycles. The number of rotatable bonds is 4. The van der Waals surface area contributed by atoms with Crippen LogP contribution in [0.5, 0.6) is 0 Å². The predicted molar refractivity (Wildman–Crippen MR) is 166 cm³/mol. The highest BCUT2D eigenvalue weighted by atomic mass is 79.9. The molecule has 0 N–H and O–H groups in total. The lowest BCUT2D eigenvalue weighted by Crippen LogP contribution is -1.97. The molecule has 186 valence electrons. The summed E-state index contributed by atoms with van der Waals surface area (Å²) < 4.78 is 1.13. The molecule has 0 spiro atoms. The fraction of sp³-hybridized carbons (Fsp3) is 0. The molecule has 0 amide bonds. The van der Waals surface area contributed by atoms with Gasteiger partial charge < -0.3 is 0 Å². The lowest BCUT2D eigenvalue weighted by molar-refractivity contribution is 1.14. The monoisotopic (exact) mass is 600 g/mol. The van der Waals surface area contributed by atoms with Crippen LogP contribution in [0.1, 0.15) is 0 Å². The molecule has 39 heavy (non-hydrogen) atoms. The summed E-state index contributed by atoms with van der Waals surface area (Å²) in [5.41, 5.74) is 7.34. The number of hydrogen-bond donors (Lipinski definition) is 0. The lowest BCUT2D eigenvalue weighted by atomic mass is 10.0. The van der Waals surface area contributed by atoms with Gasteiger partial charge in [0.25, 0.3) is 0 Å². The first-order valence-electron chi connectivity index (χ1n) is 12.6. The molecule has 5 aromatic carbocycles. The van der Waals surface area contributed by atoms with Gasteiger partial charge in [0.1, 0.15) is 0 Å². The van der Waals surface area contributed by atoms with E-state index in [1.165, 1.54) is 25.1 Å². The van der Waals surface area contributed by atoms with Crippen LogP contribution in [0.25, 0.3) is 45.0 Å². The summed E-state index contributed by atoms with van der Waals surface area (Å²) in [5, 5.41) is 0. The molecule has 2 heterocycles. The van der Waals surface area contributed by atoms with E-state index in [1.54, 1.807) is 0 Å². The normalized spacial score (nSPS) is 12.0. The van der Waals surface area contributed by atoms with Crippen molar-refractivity contribution in [3.05, 3.63) is 132 Å². The molecule has 0 aliphatic carbocycles. The van der Waals surface area contributed by atoms with Crippen molar-refractivity contribution in [2.75, 3.05) is 0 Å². The van der Waals surface area contributed by atoms with Gasteiger partial charge in [0.05, 0.1) is 11.4 Å². The zero-order valence-corrected chi connectivity index (χ0v) is 23.9. The van der Waals surface area contributed by atoms with E-state index in [0.717, 1.165) is 43.9 Å². The van der Waals surface area contributed by atoms with Crippen molar-refractivity contribution in [1.29, 1.82) is 0 Å². The molecule has 7 rings (SSSR count). The summed E-state index contributed by atoms with van der Waals surface area (Å²) in [4.78, 5) is 15.2. The number of nitrogens with zero attached hydrogens (tertiary/aromatic N) is 2. The Morgan fingerprint density at radius 3 is 1.72 bits per heavy atom. The maximum Gasteiger partial charge on any atom is 0.160 e. The SMILES string of the molecule is Brc1cccc2c1Sc1c(cccc1-c1cccc(-c3nc(-c4ccccc4)cc(-c4ccccc4)n3)c1)S2. The number of aromatic nitrogens is 2. The summed E-state index contributed by atoms with van der Waals surface area (Å²) in [6.07, 6.45) is 0. The van der Waals surface area contributed by atoms with Crippen LogP contribution < -0.4 is 0 Å². The molecule has 0 bridgehead atoms. The molecule has 0 fully saturated rings. The zero-order chi connectivity index (χ0) is 26.2. The van der Waals surface area contributed by atoms with Gasteiger partial charge in [-0.15, -0.1) is 0 Å². The Bertz CT molecular complexity index is 1760. The molecule has 0 atom stereocenters. The van der Waals surface area contributed by atoms with Crippen molar-refractivity contribution in [3.8, 4) is 45.0 Å². The Morgan fingerprint density at radius 2 is 1.03 bits per heavy atom. The van der Waals surface area contributed by atoms with E-state index in [1.807, 2.05) is 59.9 Å². The standard InChI is InChI=1S/C34H21BrN2S2/c35-27-17-9-19-31-33(27)39-32-26(16-8-18-30(32)38-31)24-14-7-15-25(20-24)34-36-28(22-10-3-1-4-11-22)21-29(37-34)23-12-5-2-6-13-23/h1-21H. The average Bonchev–Trinajstić information content (AvgIpc) is 3.01. The van der Waals surface area contributed by atoms with Crippen LogP contribution >= 0.6 is 39.5 Å². The summed E-state index contributed by atoms with van der Waals surface area (Å²) in [5.74, 6) is 0.719. The third-order valence-electron chi connectivity index (χ3n) is 6.63. The largest absolute Gasteiger partial charge is 0.228 e. The van der Waals surface area contributed by atoms with E-state index in [2.05, 4.69) is 107 Å². The molecule has 1 aromatic heterocycles. The van der Waals surface area contributed by atoms with E-state index in [-0.39, 0.29) is 0 Å². The fourth-order valence-electron chi connectivity index (χ4n) is 4.73. The van der Waals surface area contributed by atoms with E-state index < -0.39 is 0 Å². The van der Waals surface area contributed by atoms with Gasteiger partial charge in [-0.3, -0.25) is 0 Å². The summed E-state index contributed by atoms with van der Waals surface area (Å²) in [6, 6.07) is 44.3. The van der Waals surface area contributed by atoms with Gasteiger partial charge in [0.2, 0.25) is 0 Å². The number of fused-ring (bicyclic) bond motifs is 2. The average molecular weight is 602 g/mol. The fourth-order valence-corrected chi connectivity index (χ4v) is 7.91. The lowest BCUT2D eigenvalue weighted by Gasteiger charge is -2.22. The topological polar surface area (TPSA) is 25.8 Å². The van der Waals surface area contributed by atoms with Crippen molar-refractivity contribution in [2.45, 2.75) is 19.6 Å². The van der Waals surface area contributed by atoms with Gasteiger partial charge in [-0.05, 0) is 57.4 Å². The maximum atomic E-state index is 5.04. The second-order valence-electron chi connectivity index (χ2n) is 9.18. The van der Waals surface area contributed by atoms with Gasteiger partial charge in [0, 0.05) is 40.7 Å². The van der Waals surface area contributed by atoms with Crippen molar-refractivity contribution in [1.82, 2.24) is 9.97 Å². The Kier molecular flexibility index (Phi) is 6.57. The highest BCUT2D eigenvalue weighted by Crippen LogP contribution is 2.53. The summed E-state index contributed by atoms with van der Waals surface area (Å²) in [6.45, 7) is 0. The Morgan fingerprint density at radius 1 is 0.462 bits per heavy atom. The number of halogens is 1. The van der Waals surface area contributed by atoms with Gasteiger partial charge in [-0.1, -0.05) is 121 Å². The van der Waals surface area contributed by atoms with Gasteiger partial charge in [-0.25, -0.2) is 9.97 Å². The first kappa shape index (κ1) is 24.4. The number of hydrogen-bond acceptors (Lipinski definition) is 4. The predicted octanol–water partition coefficient (Wildman–Crippen LogP) is 10.5. The van der Waals surface area contributed by atoms with Gasteiger partial charge >= 0.3 is 0 Å². The second kappa shape index (κ2) is 10.5. The number of benzene rings is 5. The molecular formula is C34H21BrN2S2. The Labute approximate surface area is 244 Å². The minimum absolute atomic E-state index is 0.719. The molecule has 5 heteroatoms. The van der Waals surface area contributed by atoms with Gasteiger partial charge in [-0.2, -0.15) is 0 Å². The first-order chi connectivity index (χ1) is 19.2. The zero-order valence-electron chi connectivity index (χ0n) is 20.7. The van der Waals surface area contributed by atoms with Crippen LogP contribution in [-0.2, 0) is 0 Å². The second-order valence-corrected chi connectivity index (χ2v) is 12.1.